The molecule has 1 aromatic rings. The Labute approximate surface area is 152 Å². The largest absolute Gasteiger partial charge is 0.385 e. The van der Waals surface area contributed by atoms with Crippen LogP contribution in [-0.2, 0) is 10.2 Å². The third kappa shape index (κ3) is 4.17. The smallest absolute Gasteiger partial charge is 0.191 e. The summed E-state index contributed by atoms with van der Waals surface area (Å²) in [7, 11) is 3.66. The van der Waals surface area contributed by atoms with E-state index in [9.17, 15) is 0 Å². The zero-order chi connectivity index (χ0) is 17.8. The van der Waals surface area contributed by atoms with E-state index in [-0.39, 0.29) is 0 Å². The Morgan fingerprint density at radius 1 is 1.12 bits per heavy atom. The number of rotatable bonds is 8. The van der Waals surface area contributed by atoms with Crippen LogP contribution in [0.3, 0.4) is 0 Å². The summed E-state index contributed by atoms with van der Waals surface area (Å²) in [5, 5.41) is 7.15. The summed E-state index contributed by atoms with van der Waals surface area (Å²) < 4.78 is 5.29. The number of aryl methyl sites for hydroxylation is 1. The van der Waals surface area contributed by atoms with Crippen LogP contribution in [-0.4, -0.2) is 39.8 Å². The van der Waals surface area contributed by atoms with Gasteiger partial charge in [-0.1, -0.05) is 30.7 Å². The van der Waals surface area contributed by atoms with E-state index >= 15 is 0 Å². The fraction of sp³-hybridized carbons (Fsp3) is 0.667. The van der Waals surface area contributed by atoms with Gasteiger partial charge in [-0.25, -0.2) is 0 Å². The highest BCUT2D eigenvalue weighted by molar-refractivity contribution is 5.79. The first-order chi connectivity index (χ1) is 12.1. The van der Waals surface area contributed by atoms with Crippen LogP contribution in [0.2, 0.25) is 0 Å². The van der Waals surface area contributed by atoms with E-state index in [1.165, 1.54) is 43.2 Å². The number of ether oxygens (including phenoxy) is 1. The highest BCUT2D eigenvalue weighted by Crippen LogP contribution is 2.48. The van der Waals surface area contributed by atoms with Crippen molar-refractivity contribution in [2.75, 3.05) is 33.9 Å². The van der Waals surface area contributed by atoms with Crippen molar-refractivity contribution < 1.29 is 4.74 Å². The Balaban J connectivity index is 1.52. The minimum atomic E-state index is 0.299. The first-order valence-electron chi connectivity index (χ1n) is 9.63. The van der Waals surface area contributed by atoms with E-state index in [0.717, 1.165) is 32.1 Å². The first kappa shape index (κ1) is 18.2. The molecule has 138 valence electrons. The van der Waals surface area contributed by atoms with Gasteiger partial charge >= 0.3 is 0 Å². The molecule has 0 aromatic heterocycles. The van der Waals surface area contributed by atoms with Crippen LogP contribution in [0.1, 0.15) is 49.7 Å². The van der Waals surface area contributed by atoms with Gasteiger partial charge in [0.15, 0.2) is 5.96 Å². The quantitative estimate of drug-likeness (QED) is 0.562. The topological polar surface area (TPSA) is 45.7 Å². The predicted molar refractivity (Wildman–Crippen MR) is 104 cm³/mol. The number of nitrogens with one attached hydrogen (secondary N) is 2. The normalized spacial score (nSPS) is 20.7. The van der Waals surface area contributed by atoms with Crippen molar-refractivity contribution in [2.45, 2.75) is 50.9 Å². The van der Waals surface area contributed by atoms with E-state index < -0.39 is 0 Å². The number of hydrogen-bond acceptors (Lipinski definition) is 2. The van der Waals surface area contributed by atoms with Crippen molar-refractivity contribution in [1.82, 2.24) is 10.6 Å². The lowest BCUT2D eigenvalue weighted by molar-refractivity contribution is 0.0732. The summed E-state index contributed by atoms with van der Waals surface area (Å²) in [6, 6.07) is 8.79. The van der Waals surface area contributed by atoms with Crippen molar-refractivity contribution in [3.05, 3.63) is 35.4 Å². The molecule has 0 unspecified atom stereocenters. The second-order valence-corrected chi connectivity index (χ2v) is 7.97. The Morgan fingerprint density at radius 2 is 1.84 bits per heavy atom. The third-order valence-corrected chi connectivity index (χ3v) is 6.27. The molecule has 0 spiro atoms. The molecule has 0 aliphatic heterocycles. The van der Waals surface area contributed by atoms with E-state index in [1.54, 1.807) is 7.11 Å². The lowest BCUT2D eigenvalue weighted by Crippen LogP contribution is -2.48. The molecule has 1 aromatic carbocycles. The molecule has 2 aliphatic rings. The Kier molecular flexibility index (Phi) is 5.67. The van der Waals surface area contributed by atoms with Gasteiger partial charge in [-0.2, -0.15) is 0 Å². The molecule has 0 saturated heterocycles. The van der Waals surface area contributed by atoms with Crippen molar-refractivity contribution in [2.24, 2.45) is 10.4 Å². The molecule has 2 N–H and O–H groups in total. The van der Waals surface area contributed by atoms with Crippen LogP contribution in [0, 0.1) is 12.3 Å². The van der Waals surface area contributed by atoms with Gasteiger partial charge in [0, 0.05) is 39.3 Å². The molecule has 4 heteroatoms. The minimum Gasteiger partial charge on any atom is -0.385 e. The Morgan fingerprint density at radius 3 is 2.40 bits per heavy atom. The summed E-state index contributed by atoms with van der Waals surface area (Å²) in [5.74, 6) is 0.934. The molecule has 2 aliphatic carbocycles. The summed E-state index contributed by atoms with van der Waals surface area (Å²) in [6.07, 6.45) is 7.61. The second kappa shape index (κ2) is 7.77. The van der Waals surface area contributed by atoms with Crippen LogP contribution in [0.5, 0.6) is 0 Å². The number of hydrogen-bond donors (Lipinski definition) is 2. The predicted octanol–water partition coefficient (Wildman–Crippen LogP) is 3.40. The third-order valence-electron chi connectivity index (χ3n) is 6.27. The van der Waals surface area contributed by atoms with Crippen molar-refractivity contribution in [3.8, 4) is 0 Å². The number of guanidine groups is 1. The molecule has 0 heterocycles. The summed E-state index contributed by atoms with van der Waals surface area (Å²) in [6.45, 7) is 5.03. The molecular weight excluding hydrogens is 310 g/mol. The van der Waals surface area contributed by atoms with Gasteiger partial charge in [-0.05, 0) is 55.6 Å². The van der Waals surface area contributed by atoms with Crippen LogP contribution in [0.4, 0.5) is 0 Å². The van der Waals surface area contributed by atoms with Gasteiger partial charge in [0.05, 0.1) is 0 Å². The average Bonchev–Trinajstić information content (AvgIpc) is 3.37. The maximum atomic E-state index is 5.29. The number of benzene rings is 1. The fourth-order valence-electron chi connectivity index (χ4n) is 4.12. The van der Waals surface area contributed by atoms with Crippen molar-refractivity contribution >= 4 is 5.96 Å². The standard InChI is InChI=1S/C21H33N3O/c1-17-7-4-5-8-18(17)21(11-12-21)16-24-19(22-2)23-15-20(9-6-10-20)13-14-25-3/h4-5,7-8H,6,9-16H2,1-3H3,(H2,22,23,24). The number of methoxy groups -OCH3 is 1. The lowest BCUT2D eigenvalue weighted by Gasteiger charge is -2.42. The molecule has 2 fully saturated rings. The van der Waals surface area contributed by atoms with Crippen molar-refractivity contribution in [1.29, 1.82) is 0 Å². The highest BCUT2D eigenvalue weighted by atomic mass is 16.5. The second-order valence-electron chi connectivity index (χ2n) is 7.97. The SMILES string of the molecule is CN=C(NCC1(CCOC)CCC1)NCC1(c2ccccc2C)CC1. The fourth-order valence-corrected chi connectivity index (χ4v) is 4.12. The minimum absolute atomic E-state index is 0.299. The lowest BCUT2D eigenvalue weighted by atomic mass is 9.67. The van der Waals surface area contributed by atoms with Crippen LogP contribution < -0.4 is 10.6 Å². The maximum Gasteiger partial charge on any atom is 0.191 e. The molecule has 0 radical (unpaired) electrons. The van der Waals surface area contributed by atoms with Crippen LogP contribution in [0.25, 0.3) is 0 Å². The molecule has 2 saturated carbocycles. The molecule has 25 heavy (non-hydrogen) atoms. The molecule has 0 bridgehead atoms. The zero-order valence-corrected chi connectivity index (χ0v) is 16.0. The van der Waals surface area contributed by atoms with E-state index in [2.05, 4.69) is 46.8 Å². The molecule has 3 rings (SSSR count). The van der Waals surface area contributed by atoms with E-state index in [1.807, 2.05) is 7.05 Å². The zero-order valence-electron chi connectivity index (χ0n) is 16.0. The van der Waals surface area contributed by atoms with Gasteiger partial charge in [0.2, 0.25) is 0 Å². The molecule has 4 nitrogen and oxygen atoms in total. The highest BCUT2D eigenvalue weighted by Gasteiger charge is 2.45. The maximum absolute atomic E-state index is 5.29. The summed E-state index contributed by atoms with van der Waals surface area (Å²) in [4.78, 5) is 4.44. The van der Waals surface area contributed by atoms with Crippen molar-refractivity contribution in [3.63, 3.8) is 0 Å². The Bertz CT molecular complexity index is 603. The van der Waals surface area contributed by atoms with E-state index in [0.29, 0.717) is 10.8 Å². The number of nitrogens with zero attached hydrogens (tertiary/aromatic N) is 1. The van der Waals surface area contributed by atoms with Gasteiger partial charge in [0.25, 0.3) is 0 Å². The monoisotopic (exact) mass is 343 g/mol. The van der Waals surface area contributed by atoms with Gasteiger partial charge in [-0.3, -0.25) is 4.99 Å². The van der Waals surface area contributed by atoms with Gasteiger partial charge < -0.3 is 15.4 Å². The Hall–Kier alpha value is -1.55. The first-order valence-corrected chi connectivity index (χ1v) is 9.63. The summed E-state index contributed by atoms with van der Waals surface area (Å²) >= 11 is 0. The summed E-state index contributed by atoms with van der Waals surface area (Å²) in [5.41, 5.74) is 3.60. The van der Waals surface area contributed by atoms with Gasteiger partial charge in [-0.15, -0.1) is 0 Å². The molecule has 0 amide bonds. The molecular formula is C21H33N3O. The van der Waals surface area contributed by atoms with Crippen LogP contribution >= 0.6 is 0 Å². The number of aliphatic imine (C=N–C) groups is 1. The molecule has 0 atom stereocenters. The van der Waals surface area contributed by atoms with Crippen LogP contribution in [0.15, 0.2) is 29.3 Å². The van der Waals surface area contributed by atoms with E-state index in [4.69, 9.17) is 4.74 Å². The average molecular weight is 344 g/mol. The van der Waals surface area contributed by atoms with Gasteiger partial charge in [0.1, 0.15) is 0 Å².